The minimum Gasteiger partial charge on any atom is -0.497 e. The standard InChI is InChI=1S/C20H25N7O2/c1-3-27-19(16-13-21-22-14-16)23-24-20(27)26-9-7-25(8-10-26)18(28)12-15-5-4-6-17(11-15)29-2/h4-6,11,13-14H,3,7-10,12H2,1-2H3,(H,21,22). The predicted molar refractivity (Wildman–Crippen MR) is 109 cm³/mol. The van der Waals surface area contributed by atoms with Gasteiger partial charge in [0.2, 0.25) is 11.9 Å². The van der Waals surface area contributed by atoms with Crippen molar-refractivity contribution in [2.24, 2.45) is 0 Å². The van der Waals surface area contributed by atoms with Crippen molar-refractivity contribution in [3.8, 4) is 17.1 Å². The van der Waals surface area contributed by atoms with Crippen molar-refractivity contribution in [1.29, 1.82) is 0 Å². The number of aromatic nitrogens is 5. The topological polar surface area (TPSA) is 92.2 Å². The molecule has 1 amide bonds. The Morgan fingerprint density at radius 3 is 2.72 bits per heavy atom. The number of amides is 1. The SMILES string of the molecule is CCn1c(-c2cn[nH]c2)nnc1N1CCN(C(=O)Cc2cccc(OC)c2)CC1. The fraction of sp³-hybridized carbons (Fsp3) is 0.400. The zero-order valence-electron chi connectivity index (χ0n) is 16.7. The molecule has 0 radical (unpaired) electrons. The number of aromatic amines is 1. The first-order valence-electron chi connectivity index (χ1n) is 9.77. The molecule has 1 saturated heterocycles. The number of hydrogen-bond acceptors (Lipinski definition) is 6. The molecule has 4 rings (SSSR count). The molecule has 9 heteroatoms. The number of nitrogens with one attached hydrogen (secondary N) is 1. The maximum absolute atomic E-state index is 12.7. The van der Waals surface area contributed by atoms with Gasteiger partial charge in [0.25, 0.3) is 0 Å². The lowest BCUT2D eigenvalue weighted by molar-refractivity contribution is -0.130. The molecule has 0 bridgehead atoms. The number of benzene rings is 1. The number of carbonyl (C=O) groups is 1. The highest BCUT2D eigenvalue weighted by Crippen LogP contribution is 2.23. The molecule has 0 saturated carbocycles. The van der Waals surface area contributed by atoms with Gasteiger partial charge in [-0.1, -0.05) is 12.1 Å². The summed E-state index contributed by atoms with van der Waals surface area (Å²) in [4.78, 5) is 16.8. The van der Waals surface area contributed by atoms with Crippen LogP contribution >= 0.6 is 0 Å². The largest absolute Gasteiger partial charge is 0.497 e. The Labute approximate surface area is 169 Å². The molecule has 0 aliphatic carbocycles. The van der Waals surface area contributed by atoms with Crippen LogP contribution in [0.1, 0.15) is 12.5 Å². The first-order chi connectivity index (χ1) is 14.2. The fourth-order valence-corrected chi connectivity index (χ4v) is 3.63. The molecule has 0 atom stereocenters. The molecule has 1 N–H and O–H groups in total. The molecule has 0 unspecified atom stereocenters. The number of methoxy groups -OCH3 is 1. The summed E-state index contributed by atoms with van der Waals surface area (Å²) in [6, 6.07) is 7.66. The van der Waals surface area contributed by atoms with E-state index in [0.29, 0.717) is 19.5 Å². The van der Waals surface area contributed by atoms with Gasteiger partial charge in [-0.05, 0) is 24.6 Å². The minimum absolute atomic E-state index is 0.133. The Kier molecular flexibility index (Phi) is 5.46. The van der Waals surface area contributed by atoms with Crippen molar-refractivity contribution < 1.29 is 9.53 Å². The van der Waals surface area contributed by atoms with Crippen molar-refractivity contribution in [1.82, 2.24) is 29.9 Å². The van der Waals surface area contributed by atoms with Crippen LogP contribution in [0.25, 0.3) is 11.4 Å². The first-order valence-corrected chi connectivity index (χ1v) is 9.77. The van der Waals surface area contributed by atoms with Crippen molar-refractivity contribution in [2.45, 2.75) is 19.9 Å². The maximum atomic E-state index is 12.7. The summed E-state index contributed by atoms with van der Waals surface area (Å²) in [5.74, 6) is 2.54. The average molecular weight is 395 g/mol. The van der Waals surface area contributed by atoms with E-state index in [0.717, 1.165) is 48.3 Å². The Hall–Kier alpha value is -3.36. The van der Waals surface area contributed by atoms with Crippen LogP contribution < -0.4 is 9.64 Å². The Morgan fingerprint density at radius 1 is 1.21 bits per heavy atom. The number of anilines is 1. The average Bonchev–Trinajstić information content (AvgIpc) is 3.43. The van der Waals surface area contributed by atoms with Crippen LogP contribution in [0, 0.1) is 0 Å². The van der Waals surface area contributed by atoms with E-state index >= 15 is 0 Å². The smallest absolute Gasteiger partial charge is 0.227 e. The number of ether oxygens (including phenoxy) is 1. The monoisotopic (exact) mass is 395 g/mol. The number of piperazine rings is 1. The molecule has 29 heavy (non-hydrogen) atoms. The summed E-state index contributed by atoms with van der Waals surface area (Å²) in [6.07, 6.45) is 3.94. The van der Waals surface area contributed by atoms with Gasteiger partial charge in [0.15, 0.2) is 5.82 Å². The second-order valence-corrected chi connectivity index (χ2v) is 6.95. The van der Waals surface area contributed by atoms with E-state index in [-0.39, 0.29) is 5.91 Å². The summed E-state index contributed by atoms with van der Waals surface area (Å²) >= 11 is 0. The van der Waals surface area contributed by atoms with Crippen LogP contribution in [0.2, 0.25) is 0 Å². The van der Waals surface area contributed by atoms with Gasteiger partial charge in [-0.2, -0.15) is 5.10 Å². The van der Waals surface area contributed by atoms with Crippen molar-refractivity contribution in [2.75, 3.05) is 38.2 Å². The molecule has 3 aromatic rings. The molecule has 152 valence electrons. The number of carbonyl (C=O) groups excluding carboxylic acids is 1. The van der Waals surface area contributed by atoms with Crippen molar-refractivity contribution in [3.63, 3.8) is 0 Å². The molecule has 0 spiro atoms. The maximum Gasteiger partial charge on any atom is 0.227 e. The molecule has 2 aromatic heterocycles. The van der Waals surface area contributed by atoms with Crippen molar-refractivity contribution >= 4 is 11.9 Å². The molecule has 1 fully saturated rings. The Morgan fingerprint density at radius 2 is 2.03 bits per heavy atom. The third-order valence-electron chi connectivity index (χ3n) is 5.21. The van der Waals surface area contributed by atoms with Gasteiger partial charge >= 0.3 is 0 Å². The second kappa shape index (κ2) is 8.34. The number of H-pyrrole nitrogens is 1. The second-order valence-electron chi connectivity index (χ2n) is 6.95. The normalized spacial score (nSPS) is 14.3. The molecular formula is C20H25N7O2. The van der Waals surface area contributed by atoms with E-state index < -0.39 is 0 Å². The van der Waals surface area contributed by atoms with Gasteiger partial charge in [0.1, 0.15) is 5.75 Å². The van der Waals surface area contributed by atoms with Crippen LogP contribution in [0.4, 0.5) is 5.95 Å². The fourth-order valence-electron chi connectivity index (χ4n) is 3.63. The summed E-state index contributed by atoms with van der Waals surface area (Å²) < 4.78 is 7.32. The number of rotatable bonds is 6. The van der Waals surface area contributed by atoms with Crippen LogP contribution in [0.5, 0.6) is 5.75 Å². The minimum atomic E-state index is 0.133. The van der Waals surface area contributed by atoms with E-state index in [1.54, 1.807) is 13.3 Å². The highest BCUT2D eigenvalue weighted by molar-refractivity contribution is 5.79. The third kappa shape index (κ3) is 3.94. The van der Waals surface area contributed by atoms with E-state index in [1.807, 2.05) is 35.4 Å². The number of nitrogens with zero attached hydrogens (tertiary/aromatic N) is 6. The van der Waals surface area contributed by atoms with Crippen LogP contribution in [-0.4, -0.2) is 69.1 Å². The van der Waals surface area contributed by atoms with Crippen molar-refractivity contribution in [3.05, 3.63) is 42.2 Å². The Balaban J connectivity index is 1.40. The molecular weight excluding hydrogens is 370 g/mol. The highest BCUT2D eigenvalue weighted by atomic mass is 16.5. The lowest BCUT2D eigenvalue weighted by Gasteiger charge is -2.35. The van der Waals surface area contributed by atoms with E-state index in [2.05, 4.69) is 36.8 Å². The lowest BCUT2D eigenvalue weighted by Crippen LogP contribution is -2.50. The van der Waals surface area contributed by atoms with Gasteiger partial charge in [0.05, 0.1) is 25.3 Å². The summed E-state index contributed by atoms with van der Waals surface area (Å²) in [7, 11) is 1.63. The summed E-state index contributed by atoms with van der Waals surface area (Å²) in [6.45, 7) is 5.63. The van der Waals surface area contributed by atoms with E-state index in [9.17, 15) is 4.79 Å². The zero-order chi connectivity index (χ0) is 20.2. The lowest BCUT2D eigenvalue weighted by atomic mass is 10.1. The van der Waals surface area contributed by atoms with Crippen LogP contribution in [0.15, 0.2) is 36.7 Å². The van der Waals surface area contributed by atoms with Gasteiger partial charge in [-0.3, -0.25) is 14.5 Å². The van der Waals surface area contributed by atoms with Gasteiger partial charge in [0, 0.05) is 38.9 Å². The first kappa shape index (κ1) is 19.0. The van der Waals surface area contributed by atoms with Crippen LogP contribution in [0.3, 0.4) is 0 Å². The van der Waals surface area contributed by atoms with E-state index in [1.165, 1.54) is 0 Å². The van der Waals surface area contributed by atoms with Gasteiger partial charge in [-0.15, -0.1) is 10.2 Å². The molecule has 1 aliphatic heterocycles. The summed E-state index contributed by atoms with van der Waals surface area (Å²) in [5.41, 5.74) is 1.88. The zero-order valence-corrected chi connectivity index (χ0v) is 16.7. The van der Waals surface area contributed by atoms with Gasteiger partial charge < -0.3 is 14.5 Å². The quantitative estimate of drug-likeness (QED) is 0.681. The molecule has 1 aromatic carbocycles. The van der Waals surface area contributed by atoms with Crippen LogP contribution in [-0.2, 0) is 17.8 Å². The summed E-state index contributed by atoms with van der Waals surface area (Å²) in [5, 5.41) is 15.6. The Bertz CT molecular complexity index is 959. The number of hydrogen-bond donors (Lipinski definition) is 1. The highest BCUT2D eigenvalue weighted by Gasteiger charge is 2.25. The molecule has 9 nitrogen and oxygen atoms in total. The van der Waals surface area contributed by atoms with E-state index in [4.69, 9.17) is 4.74 Å². The molecule has 3 heterocycles. The third-order valence-corrected chi connectivity index (χ3v) is 5.21. The predicted octanol–water partition coefficient (Wildman–Crippen LogP) is 1.59. The van der Waals surface area contributed by atoms with Gasteiger partial charge in [-0.25, -0.2) is 0 Å². The molecule has 1 aliphatic rings.